The molecule has 118 valence electrons. The van der Waals surface area contributed by atoms with E-state index in [9.17, 15) is 9.59 Å². The third-order valence-corrected chi connectivity index (χ3v) is 4.17. The standard InChI is InChI=1S/C16H14BrN3O2S/c1-9-8-11(4-7-13(9)17)15(22)20-16(23)19-12-5-2-10(3-6-12)14(18)21/h2-8H,1H3,(H2,18,21)(H2,19,20,22,23). The van der Waals surface area contributed by atoms with Crippen molar-refractivity contribution in [1.82, 2.24) is 5.32 Å². The van der Waals surface area contributed by atoms with Gasteiger partial charge in [-0.1, -0.05) is 15.9 Å². The minimum absolute atomic E-state index is 0.169. The lowest BCUT2D eigenvalue weighted by Crippen LogP contribution is -2.34. The van der Waals surface area contributed by atoms with Crippen LogP contribution >= 0.6 is 28.1 Å². The van der Waals surface area contributed by atoms with Crippen molar-refractivity contribution in [3.8, 4) is 0 Å². The summed E-state index contributed by atoms with van der Waals surface area (Å²) in [7, 11) is 0. The van der Waals surface area contributed by atoms with Gasteiger partial charge in [-0.3, -0.25) is 14.9 Å². The second-order valence-electron chi connectivity index (χ2n) is 4.81. The second-order valence-corrected chi connectivity index (χ2v) is 6.08. The number of rotatable bonds is 3. The van der Waals surface area contributed by atoms with Crippen molar-refractivity contribution in [3.63, 3.8) is 0 Å². The summed E-state index contributed by atoms with van der Waals surface area (Å²) in [5.41, 5.74) is 7.69. The molecule has 7 heteroatoms. The number of thiocarbonyl (C=S) groups is 1. The number of nitrogens with one attached hydrogen (secondary N) is 2. The van der Waals surface area contributed by atoms with Gasteiger partial charge in [-0.05, 0) is 67.2 Å². The SMILES string of the molecule is Cc1cc(C(=O)NC(=S)Nc2ccc(C(N)=O)cc2)ccc1Br. The van der Waals surface area contributed by atoms with E-state index in [1.54, 1.807) is 36.4 Å². The lowest BCUT2D eigenvalue weighted by molar-refractivity contribution is 0.0975. The van der Waals surface area contributed by atoms with Crippen LogP contribution in [0, 0.1) is 6.92 Å². The van der Waals surface area contributed by atoms with Gasteiger partial charge >= 0.3 is 0 Å². The highest BCUT2D eigenvalue weighted by Gasteiger charge is 2.09. The molecule has 0 heterocycles. The van der Waals surface area contributed by atoms with E-state index in [1.807, 2.05) is 13.0 Å². The molecule has 0 bridgehead atoms. The molecule has 0 radical (unpaired) electrons. The molecule has 0 spiro atoms. The first-order valence-electron chi connectivity index (χ1n) is 6.65. The number of carbonyl (C=O) groups excluding carboxylic acids is 2. The van der Waals surface area contributed by atoms with Gasteiger partial charge in [0.1, 0.15) is 0 Å². The normalized spacial score (nSPS) is 10.0. The average molecular weight is 392 g/mol. The van der Waals surface area contributed by atoms with Crippen molar-refractivity contribution in [2.75, 3.05) is 5.32 Å². The van der Waals surface area contributed by atoms with Crippen LogP contribution in [-0.4, -0.2) is 16.9 Å². The number of aryl methyl sites for hydroxylation is 1. The lowest BCUT2D eigenvalue weighted by atomic mass is 10.1. The number of primary amides is 1. The van der Waals surface area contributed by atoms with Gasteiger partial charge in [0.25, 0.3) is 5.91 Å². The summed E-state index contributed by atoms with van der Waals surface area (Å²) in [6.45, 7) is 1.90. The molecule has 23 heavy (non-hydrogen) atoms. The zero-order valence-corrected chi connectivity index (χ0v) is 14.6. The molecular weight excluding hydrogens is 378 g/mol. The average Bonchev–Trinajstić information content (AvgIpc) is 2.50. The van der Waals surface area contributed by atoms with Crippen molar-refractivity contribution >= 4 is 50.8 Å². The molecule has 0 atom stereocenters. The van der Waals surface area contributed by atoms with Gasteiger partial charge in [0, 0.05) is 21.3 Å². The summed E-state index contributed by atoms with van der Waals surface area (Å²) < 4.78 is 0.935. The Bertz CT molecular complexity index is 775. The largest absolute Gasteiger partial charge is 0.366 e. The van der Waals surface area contributed by atoms with E-state index in [-0.39, 0.29) is 11.0 Å². The Labute approximate surface area is 147 Å². The van der Waals surface area contributed by atoms with Crippen LogP contribution in [0.4, 0.5) is 5.69 Å². The smallest absolute Gasteiger partial charge is 0.257 e. The van der Waals surface area contributed by atoms with Gasteiger partial charge in [-0.25, -0.2) is 0 Å². The van der Waals surface area contributed by atoms with Gasteiger partial charge in [0.2, 0.25) is 5.91 Å². The van der Waals surface area contributed by atoms with Crippen LogP contribution in [-0.2, 0) is 0 Å². The van der Waals surface area contributed by atoms with E-state index in [4.69, 9.17) is 18.0 Å². The van der Waals surface area contributed by atoms with Crippen molar-refractivity contribution in [3.05, 3.63) is 63.6 Å². The van der Waals surface area contributed by atoms with Gasteiger partial charge in [0.15, 0.2) is 5.11 Å². The van der Waals surface area contributed by atoms with Crippen LogP contribution in [0.2, 0.25) is 0 Å². The highest BCUT2D eigenvalue weighted by Crippen LogP contribution is 2.17. The monoisotopic (exact) mass is 391 g/mol. The van der Waals surface area contributed by atoms with E-state index < -0.39 is 5.91 Å². The molecule has 0 aliphatic rings. The van der Waals surface area contributed by atoms with Crippen LogP contribution in [0.15, 0.2) is 46.9 Å². The molecule has 0 aliphatic carbocycles. The van der Waals surface area contributed by atoms with E-state index >= 15 is 0 Å². The van der Waals surface area contributed by atoms with Crippen molar-refractivity contribution in [1.29, 1.82) is 0 Å². The Morgan fingerprint density at radius 1 is 1.09 bits per heavy atom. The number of hydrogen-bond acceptors (Lipinski definition) is 3. The quantitative estimate of drug-likeness (QED) is 0.702. The van der Waals surface area contributed by atoms with Crippen molar-refractivity contribution < 1.29 is 9.59 Å². The minimum Gasteiger partial charge on any atom is -0.366 e. The molecule has 0 aliphatic heterocycles. The number of amides is 2. The van der Waals surface area contributed by atoms with Crippen LogP contribution < -0.4 is 16.4 Å². The Balaban J connectivity index is 1.99. The fraction of sp³-hybridized carbons (Fsp3) is 0.0625. The molecule has 2 aromatic rings. The number of carbonyl (C=O) groups is 2. The molecule has 2 amide bonds. The number of anilines is 1. The summed E-state index contributed by atoms with van der Waals surface area (Å²) in [5, 5.41) is 5.64. The summed E-state index contributed by atoms with van der Waals surface area (Å²) >= 11 is 8.50. The van der Waals surface area contributed by atoms with Crippen molar-refractivity contribution in [2.45, 2.75) is 6.92 Å². The Morgan fingerprint density at radius 2 is 1.70 bits per heavy atom. The maximum absolute atomic E-state index is 12.1. The van der Waals surface area contributed by atoms with Crippen LogP contribution in [0.25, 0.3) is 0 Å². The Morgan fingerprint density at radius 3 is 2.26 bits per heavy atom. The molecule has 0 fully saturated rings. The van der Waals surface area contributed by atoms with Crippen LogP contribution in [0.5, 0.6) is 0 Å². The third-order valence-electron chi connectivity index (χ3n) is 3.07. The fourth-order valence-electron chi connectivity index (χ4n) is 1.84. The zero-order chi connectivity index (χ0) is 17.0. The molecule has 0 unspecified atom stereocenters. The molecule has 0 saturated heterocycles. The van der Waals surface area contributed by atoms with E-state index in [2.05, 4.69) is 26.6 Å². The predicted molar refractivity (Wildman–Crippen MR) is 97.5 cm³/mol. The molecule has 5 nitrogen and oxygen atoms in total. The Hall–Kier alpha value is -2.25. The summed E-state index contributed by atoms with van der Waals surface area (Å²) in [6, 6.07) is 11.7. The topological polar surface area (TPSA) is 84.2 Å². The van der Waals surface area contributed by atoms with Gasteiger partial charge in [-0.2, -0.15) is 0 Å². The highest BCUT2D eigenvalue weighted by atomic mass is 79.9. The molecule has 0 saturated carbocycles. The first-order valence-corrected chi connectivity index (χ1v) is 7.85. The maximum Gasteiger partial charge on any atom is 0.257 e. The van der Waals surface area contributed by atoms with Crippen molar-refractivity contribution in [2.24, 2.45) is 5.73 Å². The number of nitrogens with two attached hydrogens (primary N) is 1. The molecule has 4 N–H and O–H groups in total. The van der Waals surface area contributed by atoms with Gasteiger partial charge in [0.05, 0.1) is 0 Å². The molecule has 2 rings (SSSR count). The molecule has 2 aromatic carbocycles. The summed E-state index contributed by atoms with van der Waals surface area (Å²) in [5.74, 6) is -0.801. The van der Waals surface area contributed by atoms with E-state index in [0.29, 0.717) is 16.8 Å². The van der Waals surface area contributed by atoms with E-state index in [0.717, 1.165) is 10.0 Å². The van der Waals surface area contributed by atoms with Crippen LogP contribution in [0.1, 0.15) is 26.3 Å². The van der Waals surface area contributed by atoms with Gasteiger partial charge in [-0.15, -0.1) is 0 Å². The van der Waals surface area contributed by atoms with Crippen LogP contribution in [0.3, 0.4) is 0 Å². The molecular formula is C16H14BrN3O2S. The van der Waals surface area contributed by atoms with E-state index in [1.165, 1.54) is 0 Å². The Kier molecular flexibility index (Phi) is 5.46. The molecule has 0 aromatic heterocycles. The highest BCUT2D eigenvalue weighted by molar-refractivity contribution is 9.10. The third kappa shape index (κ3) is 4.61. The minimum atomic E-state index is -0.502. The predicted octanol–water partition coefficient (Wildman–Crippen LogP) is 2.98. The lowest BCUT2D eigenvalue weighted by Gasteiger charge is -2.10. The fourth-order valence-corrected chi connectivity index (χ4v) is 2.30. The van der Waals surface area contributed by atoms with Gasteiger partial charge < -0.3 is 11.1 Å². The zero-order valence-electron chi connectivity index (χ0n) is 12.2. The maximum atomic E-state index is 12.1. The first kappa shape index (κ1) is 17.1. The summed E-state index contributed by atoms with van der Waals surface area (Å²) in [6.07, 6.45) is 0. The first-order chi connectivity index (χ1) is 10.9. The second kappa shape index (κ2) is 7.34. The summed E-state index contributed by atoms with van der Waals surface area (Å²) in [4.78, 5) is 23.1. The number of hydrogen-bond donors (Lipinski definition) is 3. The number of halogens is 1. The number of benzene rings is 2.